The Labute approximate surface area is 115 Å². The van der Waals surface area contributed by atoms with Gasteiger partial charge < -0.3 is 9.84 Å². The lowest BCUT2D eigenvalue weighted by Gasteiger charge is -2.14. The van der Waals surface area contributed by atoms with Gasteiger partial charge in [0.15, 0.2) is 0 Å². The molecule has 0 bridgehead atoms. The van der Waals surface area contributed by atoms with Crippen molar-refractivity contribution in [2.75, 3.05) is 6.61 Å². The molecule has 1 rings (SSSR count). The zero-order chi connectivity index (χ0) is 14.1. The summed E-state index contributed by atoms with van der Waals surface area (Å²) in [4.78, 5) is 10.9. The van der Waals surface area contributed by atoms with Gasteiger partial charge in [0.1, 0.15) is 0 Å². The second-order valence-corrected chi connectivity index (χ2v) is 4.94. The second-order valence-electron chi connectivity index (χ2n) is 4.94. The number of carboxylic acids is 1. The molecule has 1 N–H and O–H groups in total. The Balaban J connectivity index is 2.39. The summed E-state index contributed by atoms with van der Waals surface area (Å²) in [6.45, 7) is 5.64. The molecular weight excluding hydrogens is 240 g/mol. The van der Waals surface area contributed by atoms with E-state index >= 15 is 0 Å². The number of aromatic carboxylic acids is 1. The van der Waals surface area contributed by atoms with Crippen molar-refractivity contribution < 1.29 is 14.6 Å². The lowest BCUT2D eigenvalue weighted by molar-refractivity contribution is 0.0695. The smallest absolute Gasteiger partial charge is 0.335 e. The molecule has 0 saturated carbocycles. The first kappa shape index (κ1) is 15.7. The van der Waals surface area contributed by atoms with E-state index in [1.165, 1.54) is 19.3 Å². The number of ether oxygens (including phenoxy) is 1. The average molecular weight is 264 g/mol. The van der Waals surface area contributed by atoms with E-state index in [1.54, 1.807) is 18.2 Å². The molecule has 1 aromatic carbocycles. The molecule has 0 amide bonds. The summed E-state index contributed by atoms with van der Waals surface area (Å²) in [5.41, 5.74) is 1.24. The zero-order valence-corrected chi connectivity index (χ0v) is 11.9. The van der Waals surface area contributed by atoms with Gasteiger partial charge in [0.2, 0.25) is 0 Å². The van der Waals surface area contributed by atoms with Crippen LogP contribution in [0.15, 0.2) is 24.3 Å². The van der Waals surface area contributed by atoms with Crippen LogP contribution in [0.1, 0.15) is 55.5 Å². The Morgan fingerprint density at radius 2 is 2.16 bits per heavy atom. The first-order valence-corrected chi connectivity index (χ1v) is 7.07. The summed E-state index contributed by atoms with van der Waals surface area (Å²) in [6.07, 6.45) is 4.81. The number of hydrogen-bond donors (Lipinski definition) is 1. The fourth-order valence-electron chi connectivity index (χ4n) is 2.04. The van der Waals surface area contributed by atoms with Crippen LogP contribution in [0.25, 0.3) is 0 Å². The summed E-state index contributed by atoms with van der Waals surface area (Å²) in [7, 11) is 0. The lowest BCUT2D eigenvalue weighted by atomic mass is 10.0. The summed E-state index contributed by atoms with van der Waals surface area (Å²) in [6, 6.07) is 6.94. The molecule has 1 aromatic rings. The van der Waals surface area contributed by atoms with Crippen LogP contribution in [-0.2, 0) is 11.3 Å². The maximum atomic E-state index is 10.9. The van der Waals surface area contributed by atoms with Gasteiger partial charge in [0.05, 0.1) is 12.2 Å². The summed E-state index contributed by atoms with van der Waals surface area (Å²) < 4.78 is 5.71. The molecular formula is C16H24O3. The molecule has 0 aliphatic rings. The molecule has 0 aliphatic heterocycles. The van der Waals surface area contributed by atoms with Crippen molar-refractivity contribution in [3.63, 3.8) is 0 Å². The van der Waals surface area contributed by atoms with Gasteiger partial charge >= 0.3 is 5.97 Å². The van der Waals surface area contributed by atoms with E-state index in [4.69, 9.17) is 9.84 Å². The third kappa shape index (κ3) is 5.88. The van der Waals surface area contributed by atoms with Crippen molar-refractivity contribution in [3.8, 4) is 0 Å². The van der Waals surface area contributed by atoms with E-state index in [-0.39, 0.29) is 0 Å². The first-order chi connectivity index (χ1) is 9.17. The Kier molecular flexibility index (Phi) is 7.19. The van der Waals surface area contributed by atoms with Crippen LogP contribution in [-0.4, -0.2) is 17.7 Å². The van der Waals surface area contributed by atoms with Crippen LogP contribution in [0.5, 0.6) is 0 Å². The van der Waals surface area contributed by atoms with Crippen molar-refractivity contribution in [1.82, 2.24) is 0 Å². The topological polar surface area (TPSA) is 46.5 Å². The molecule has 3 nitrogen and oxygen atoms in total. The molecule has 0 aromatic heterocycles. The van der Waals surface area contributed by atoms with E-state index in [0.29, 0.717) is 18.1 Å². The van der Waals surface area contributed by atoms with Crippen molar-refractivity contribution in [3.05, 3.63) is 35.4 Å². The molecule has 0 radical (unpaired) electrons. The van der Waals surface area contributed by atoms with E-state index in [1.807, 2.05) is 6.07 Å². The lowest BCUT2D eigenvalue weighted by Crippen LogP contribution is -2.09. The van der Waals surface area contributed by atoms with Gasteiger partial charge in [-0.25, -0.2) is 4.79 Å². The minimum absolute atomic E-state index is 0.319. The molecule has 19 heavy (non-hydrogen) atoms. The van der Waals surface area contributed by atoms with Crippen molar-refractivity contribution in [2.24, 2.45) is 5.92 Å². The van der Waals surface area contributed by atoms with Gasteiger partial charge in [-0.15, -0.1) is 0 Å². The van der Waals surface area contributed by atoms with Crippen molar-refractivity contribution in [1.29, 1.82) is 0 Å². The van der Waals surface area contributed by atoms with Gasteiger partial charge in [0, 0.05) is 6.61 Å². The number of carboxylic acid groups (broad SMARTS) is 1. The summed E-state index contributed by atoms with van der Waals surface area (Å²) >= 11 is 0. The number of benzene rings is 1. The first-order valence-electron chi connectivity index (χ1n) is 7.07. The van der Waals surface area contributed by atoms with Crippen molar-refractivity contribution in [2.45, 2.75) is 46.1 Å². The fourth-order valence-corrected chi connectivity index (χ4v) is 2.04. The molecule has 1 atom stereocenters. The molecule has 0 fully saturated rings. The van der Waals surface area contributed by atoms with E-state index in [0.717, 1.165) is 18.6 Å². The molecule has 3 heteroatoms. The Morgan fingerprint density at radius 1 is 1.37 bits per heavy atom. The Morgan fingerprint density at radius 3 is 2.79 bits per heavy atom. The van der Waals surface area contributed by atoms with Crippen LogP contribution in [0, 0.1) is 5.92 Å². The summed E-state index contributed by atoms with van der Waals surface area (Å²) in [5.74, 6) is -0.279. The predicted molar refractivity (Wildman–Crippen MR) is 76.4 cm³/mol. The number of carbonyl (C=O) groups is 1. The molecule has 1 unspecified atom stereocenters. The Bertz CT molecular complexity index is 387. The maximum Gasteiger partial charge on any atom is 0.335 e. The molecule has 0 saturated heterocycles. The largest absolute Gasteiger partial charge is 0.478 e. The normalized spacial score (nSPS) is 12.3. The number of unbranched alkanes of at least 4 members (excludes halogenated alkanes) is 1. The third-order valence-corrected chi connectivity index (χ3v) is 3.34. The van der Waals surface area contributed by atoms with Crippen LogP contribution in [0.2, 0.25) is 0 Å². The minimum atomic E-state index is -0.892. The second kappa shape index (κ2) is 8.70. The van der Waals surface area contributed by atoms with E-state index in [2.05, 4.69) is 13.8 Å². The van der Waals surface area contributed by atoms with Gasteiger partial charge in [-0.1, -0.05) is 45.2 Å². The van der Waals surface area contributed by atoms with Gasteiger partial charge in [-0.3, -0.25) is 0 Å². The predicted octanol–water partition coefficient (Wildman–Crippen LogP) is 4.12. The monoisotopic (exact) mass is 264 g/mol. The van der Waals surface area contributed by atoms with Crippen LogP contribution in [0.4, 0.5) is 0 Å². The van der Waals surface area contributed by atoms with Crippen LogP contribution < -0.4 is 0 Å². The molecule has 0 aliphatic carbocycles. The summed E-state index contributed by atoms with van der Waals surface area (Å²) in [5, 5.41) is 8.92. The van der Waals surface area contributed by atoms with Gasteiger partial charge in [0.25, 0.3) is 0 Å². The minimum Gasteiger partial charge on any atom is -0.478 e. The molecule has 106 valence electrons. The van der Waals surface area contributed by atoms with E-state index in [9.17, 15) is 4.79 Å². The van der Waals surface area contributed by atoms with E-state index < -0.39 is 5.97 Å². The SMILES string of the molecule is CCCCC(CC)COCc1cccc(C(=O)O)c1. The van der Waals surface area contributed by atoms with Gasteiger partial charge in [-0.05, 0) is 30.0 Å². The maximum absolute atomic E-state index is 10.9. The standard InChI is InChI=1S/C16H24O3/c1-3-5-7-13(4-2)11-19-12-14-8-6-9-15(10-14)16(17)18/h6,8-10,13H,3-5,7,11-12H2,1-2H3,(H,17,18). The Hall–Kier alpha value is -1.35. The quantitative estimate of drug-likeness (QED) is 0.730. The third-order valence-electron chi connectivity index (χ3n) is 3.34. The number of hydrogen-bond acceptors (Lipinski definition) is 2. The van der Waals surface area contributed by atoms with Crippen LogP contribution in [0.3, 0.4) is 0 Å². The fraction of sp³-hybridized carbons (Fsp3) is 0.562. The zero-order valence-electron chi connectivity index (χ0n) is 11.9. The van der Waals surface area contributed by atoms with Gasteiger partial charge in [-0.2, -0.15) is 0 Å². The van der Waals surface area contributed by atoms with Crippen molar-refractivity contribution >= 4 is 5.97 Å². The molecule has 0 heterocycles. The highest BCUT2D eigenvalue weighted by Gasteiger charge is 2.07. The highest BCUT2D eigenvalue weighted by molar-refractivity contribution is 5.87. The van der Waals surface area contributed by atoms with Crippen LogP contribution >= 0.6 is 0 Å². The molecule has 0 spiro atoms. The highest BCUT2D eigenvalue weighted by atomic mass is 16.5. The highest BCUT2D eigenvalue weighted by Crippen LogP contribution is 2.14. The average Bonchev–Trinajstić information content (AvgIpc) is 2.43. The number of rotatable bonds is 9.